The number of ether oxygens (including phenoxy) is 1. The third-order valence-corrected chi connectivity index (χ3v) is 6.77. The smallest absolute Gasteiger partial charge is 0.333 e. The zero-order chi connectivity index (χ0) is 23.9. The molecule has 0 amide bonds. The normalized spacial score (nSPS) is 29.7. The SMILES string of the molecule is CCC(C)/C=C(/C)[C@]1(O)C(C)=C[C@@H]2CC(C(=O)OC)=CC[C@H]2[C@@H]1/C=C/C=C/C=C/C(=O)O. The molecule has 5 nitrogen and oxygen atoms in total. The summed E-state index contributed by atoms with van der Waals surface area (Å²) in [5.41, 5.74) is 1.41. The molecular weight excluding hydrogens is 404 g/mol. The van der Waals surface area contributed by atoms with Gasteiger partial charge in [-0.3, -0.25) is 0 Å². The Morgan fingerprint density at radius 1 is 1.28 bits per heavy atom. The van der Waals surface area contributed by atoms with Crippen molar-refractivity contribution in [2.75, 3.05) is 7.11 Å². The van der Waals surface area contributed by atoms with Gasteiger partial charge in [-0.05, 0) is 55.6 Å². The van der Waals surface area contributed by atoms with E-state index < -0.39 is 11.6 Å². The lowest BCUT2D eigenvalue weighted by molar-refractivity contribution is -0.136. The Hall–Kier alpha value is -2.66. The fourth-order valence-corrected chi connectivity index (χ4v) is 4.83. The molecule has 0 saturated heterocycles. The molecule has 0 aliphatic heterocycles. The van der Waals surface area contributed by atoms with Gasteiger partial charge in [-0.15, -0.1) is 0 Å². The molecule has 0 radical (unpaired) electrons. The molecule has 0 aromatic heterocycles. The molecule has 32 heavy (non-hydrogen) atoms. The summed E-state index contributed by atoms with van der Waals surface area (Å²) in [6.07, 6.45) is 18.4. The molecule has 174 valence electrons. The lowest BCUT2D eigenvalue weighted by atomic mass is 9.59. The summed E-state index contributed by atoms with van der Waals surface area (Å²) < 4.78 is 4.92. The number of carbonyl (C=O) groups is 2. The van der Waals surface area contributed by atoms with E-state index in [0.29, 0.717) is 24.3 Å². The Morgan fingerprint density at radius 3 is 2.59 bits per heavy atom. The van der Waals surface area contributed by atoms with Gasteiger partial charge in [-0.25, -0.2) is 9.59 Å². The van der Waals surface area contributed by atoms with Crippen molar-refractivity contribution in [1.82, 2.24) is 0 Å². The van der Waals surface area contributed by atoms with Crippen LogP contribution in [-0.2, 0) is 14.3 Å². The van der Waals surface area contributed by atoms with Gasteiger partial charge in [0.25, 0.3) is 0 Å². The predicted molar refractivity (Wildman–Crippen MR) is 127 cm³/mol. The third-order valence-electron chi connectivity index (χ3n) is 6.77. The number of carboxylic acids is 1. The topological polar surface area (TPSA) is 83.8 Å². The number of carboxylic acid groups (broad SMARTS) is 1. The van der Waals surface area contributed by atoms with Crippen LogP contribution in [0.4, 0.5) is 0 Å². The lowest BCUT2D eigenvalue weighted by Gasteiger charge is -2.48. The highest BCUT2D eigenvalue weighted by molar-refractivity contribution is 5.88. The minimum atomic E-state index is -1.11. The van der Waals surface area contributed by atoms with Crippen LogP contribution in [0.15, 0.2) is 71.4 Å². The summed E-state index contributed by atoms with van der Waals surface area (Å²) in [5, 5.41) is 20.7. The van der Waals surface area contributed by atoms with Crippen LogP contribution in [0, 0.1) is 23.7 Å². The lowest BCUT2D eigenvalue weighted by Crippen LogP contribution is -2.49. The maximum absolute atomic E-state index is 12.1. The van der Waals surface area contributed by atoms with Gasteiger partial charge in [0.15, 0.2) is 0 Å². The van der Waals surface area contributed by atoms with Gasteiger partial charge in [0.05, 0.1) is 7.11 Å². The fourth-order valence-electron chi connectivity index (χ4n) is 4.83. The number of aliphatic carboxylic acids is 1. The molecule has 2 aliphatic rings. The first-order chi connectivity index (χ1) is 15.1. The Balaban J connectivity index is 2.46. The highest BCUT2D eigenvalue weighted by Gasteiger charge is 2.49. The Bertz CT molecular complexity index is 886. The van der Waals surface area contributed by atoms with Crippen molar-refractivity contribution in [3.05, 3.63) is 71.4 Å². The van der Waals surface area contributed by atoms with Gasteiger partial charge in [-0.1, -0.05) is 68.9 Å². The van der Waals surface area contributed by atoms with Crippen molar-refractivity contribution in [2.45, 2.75) is 52.6 Å². The first-order valence-electron chi connectivity index (χ1n) is 11.3. The van der Waals surface area contributed by atoms with E-state index in [1.807, 2.05) is 32.1 Å². The minimum Gasteiger partial charge on any atom is -0.478 e. The molecule has 0 heterocycles. The summed E-state index contributed by atoms with van der Waals surface area (Å²) >= 11 is 0. The molecule has 5 heteroatoms. The minimum absolute atomic E-state index is 0.135. The van der Waals surface area contributed by atoms with Crippen LogP contribution in [0.5, 0.6) is 0 Å². The summed E-state index contributed by atoms with van der Waals surface area (Å²) in [7, 11) is 1.40. The molecule has 2 N–H and O–H groups in total. The second-order valence-corrected chi connectivity index (χ2v) is 8.83. The van der Waals surface area contributed by atoms with Crippen molar-refractivity contribution < 1.29 is 24.5 Å². The van der Waals surface area contributed by atoms with E-state index in [1.54, 1.807) is 12.2 Å². The van der Waals surface area contributed by atoms with E-state index in [1.165, 1.54) is 13.2 Å². The second-order valence-electron chi connectivity index (χ2n) is 8.83. The number of allylic oxidation sites excluding steroid dienone is 7. The van der Waals surface area contributed by atoms with Gasteiger partial charge in [0.2, 0.25) is 0 Å². The molecule has 0 fully saturated rings. The van der Waals surface area contributed by atoms with Crippen LogP contribution in [0.1, 0.15) is 47.0 Å². The van der Waals surface area contributed by atoms with E-state index >= 15 is 0 Å². The van der Waals surface area contributed by atoms with Gasteiger partial charge in [0, 0.05) is 17.6 Å². The van der Waals surface area contributed by atoms with E-state index in [0.717, 1.165) is 23.6 Å². The summed E-state index contributed by atoms with van der Waals surface area (Å²) in [4.78, 5) is 22.7. The zero-order valence-electron chi connectivity index (χ0n) is 19.7. The van der Waals surface area contributed by atoms with Crippen LogP contribution in [-0.4, -0.2) is 34.9 Å². The van der Waals surface area contributed by atoms with Crippen LogP contribution in [0.3, 0.4) is 0 Å². The molecule has 2 rings (SSSR count). The highest BCUT2D eigenvalue weighted by Crippen LogP contribution is 2.50. The molecule has 5 atom stereocenters. The molecule has 0 saturated carbocycles. The molecule has 0 spiro atoms. The molecular formula is C27H36O5. The van der Waals surface area contributed by atoms with E-state index in [2.05, 4.69) is 26.0 Å². The molecule has 0 aromatic rings. The average Bonchev–Trinajstić information content (AvgIpc) is 2.76. The monoisotopic (exact) mass is 440 g/mol. The first kappa shape index (κ1) is 25.6. The predicted octanol–water partition coefficient (Wildman–Crippen LogP) is 5.16. The Labute approximate surface area is 191 Å². The molecule has 2 aliphatic carbocycles. The first-order valence-corrected chi connectivity index (χ1v) is 11.3. The Kier molecular flexibility index (Phi) is 9.02. The van der Waals surface area contributed by atoms with E-state index in [-0.39, 0.29) is 23.7 Å². The highest BCUT2D eigenvalue weighted by atomic mass is 16.5. The average molecular weight is 441 g/mol. The number of esters is 1. The van der Waals surface area contributed by atoms with Crippen LogP contribution < -0.4 is 0 Å². The van der Waals surface area contributed by atoms with Gasteiger partial charge in [0.1, 0.15) is 5.60 Å². The van der Waals surface area contributed by atoms with Crippen LogP contribution in [0.2, 0.25) is 0 Å². The second kappa shape index (κ2) is 11.3. The van der Waals surface area contributed by atoms with Crippen molar-refractivity contribution in [3.63, 3.8) is 0 Å². The van der Waals surface area contributed by atoms with Crippen LogP contribution >= 0.6 is 0 Å². The third kappa shape index (κ3) is 5.77. The van der Waals surface area contributed by atoms with Crippen molar-refractivity contribution >= 4 is 11.9 Å². The van der Waals surface area contributed by atoms with E-state index in [9.17, 15) is 14.7 Å². The van der Waals surface area contributed by atoms with Crippen LogP contribution in [0.25, 0.3) is 0 Å². The maximum Gasteiger partial charge on any atom is 0.333 e. The Morgan fingerprint density at radius 2 is 1.97 bits per heavy atom. The molecule has 0 aromatic carbocycles. The van der Waals surface area contributed by atoms with Gasteiger partial charge >= 0.3 is 11.9 Å². The van der Waals surface area contributed by atoms with Gasteiger partial charge in [-0.2, -0.15) is 0 Å². The number of methoxy groups -OCH3 is 1. The summed E-state index contributed by atoms with van der Waals surface area (Å²) in [6, 6.07) is 0. The number of hydrogen-bond acceptors (Lipinski definition) is 4. The molecule has 0 bridgehead atoms. The quantitative estimate of drug-likeness (QED) is 0.236. The van der Waals surface area contributed by atoms with Crippen molar-refractivity contribution in [2.24, 2.45) is 23.7 Å². The number of aliphatic hydroxyl groups is 1. The van der Waals surface area contributed by atoms with Crippen molar-refractivity contribution in [3.8, 4) is 0 Å². The van der Waals surface area contributed by atoms with Crippen molar-refractivity contribution in [1.29, 1.82) is 0 Å². The maximum atomic E-state index is 12.1. The fraction of sp³-hybridized carbons (Fsp3) is 0.481. The molecule has 1 unspecified atom stereocenters. The summed E-state index contributed by atoms with van der Waals surface area (Å²) in [5.74, 6) is -0.838. The van der Waals surface area contributed by atoms with Gasteiger partial charge < -0.3 is 14.9 Å². The number of fused-ring (bicyclic) bond motifs is 1. The number of carbonyl (C=O) groups excluding carboxylic acids is 1. The number of hydrogen-bond donors (Lipinski definition) is 2. The van der Waals surface area contributed by atoms with E-state index in [4.69, 9.17) is 9.84 Å². The largest absolute Gasteiger partial charge is 0.478 e. The zero-order valence-corrected chi connectivity index (χ0v) is 19.7. The summed E-state index contributed by atoms with van der Waals surface area (Å²) in [6.45, 7) is 8.23. The number of rotatable bonds is 8. The standard InChI is InChI=1S/C27H36O5/c1-6-18(2)15-19(3)27(31)20(4)16-22-17-21(26(30)32-5)13-14-23(22)24(27)11-9-7-8-10-12-25(28)29/h7-13,15-16,18,22-24,31H,6,14,17H2,1-5H3,(H,28,29)/b8-7+,11-9+,12-10+,19-15-/t18?,22-,23-,24+,27+/m1/s1.